The van der Waals surface area contributed by atoms with E-state index in [4.69, 9.17) is 4.52 Å². The smallest absolute Gasteiger partial charge is 0.131 e. The van der Waals surface area contributed by atoms with Crippen LogP contribution < -0.4 is 5.32 Å². The van der Waals surface area contributed by atoms with Gasteiger partial charge in [0, 0.05) is 24.3 Å². The van der Waals surface area contributed by atoms with Crippen molar-refractivity contribution in [3.63, 3.8) is 0 Å². The average molecular weight is 420 g/mol. The maximum absolute atomic E-state index is 10.0. The number of nitrogens with zero attached hydrogens (tertiary/aromatic N) is 2. The Kier molecular flexibility index (Phi) is 8.24. The maximum Gasteiger partial charge on any atom is 0.131 e. The number of aryl methyl sites for hydroxylation is 1. The Morgan fingerprint density at radius 1 is 1.10 bits per heavy atom. The lowest BCUT2D eigenvalue weighted by Crippen LogP contribution is -2.62. The summed E-state index contributed by atoms with van der Waals surface area (Å²) in [4.78, 5) is 1.87. The van der Waals surface area contributed by atoms with Gasteiger partial charge in [-0.3, -0.25) is 4.90 Å². The van der Waals surface area contributed by atoms with E-state index < -0.39 is 24.4 Å². The fourth-order valence-corrected chi connectivity index (χ4v) is 3.99. The molecule has 30 heavy (non-hydrogen) atoms. The van der Waals surface area contributed by atoms with Gasteiger partial charge in [-0.05, 0) is 43.5 Å². The van der Waals surface area contributed by atoms with Crippen LogP contribution in [0, 0.1) is 6.92 Å². The predicted octanol–water partition coefficient (Wildman–Crippen LogP) is 1.38. The molecule has 0 aliphatic carbocycles. The van der Waals surface area contributed by atoms with Crippen molar-refractivity contribution >= 4 is 5.69 Å². The van der Waals surface area contributed by atoms with E-state index in [1.165, 1.54) is 5.56 Å². The van der Waals surface area contributed by atoms with Gasteiger partial charge in [0.05, 0.1) is 24.9 Å². The summed E-state index contributed by atoms with van der Waals surface area (Å²) in [5.74, 6) is 0. The van der Waals surface area contributed by atoms with Gasteiger partial charge in [0.25, 0.3) is 0 Å². The molecule has 5 N–H and O–H groups in total. The van der Waals surface area contributed by atoms with Gasteiger partial charge in [0.15, 0.2) is 0 Å². The van der Waals surface area contributed by atoms with Crippen LogP contribution in [0.2, 0.25) is 0 Å². The van der Waals surface area contributed by atoms with Gasteiger partial charge in [-0.25, -0.2) is 0 Å². The molecule has 1 aromatic heterocycles. The number of aliphatic hydroxyl groups is 4. The average Bonchev–Trinajstić information content (AvgIpc) is 3.27. The third kappa shape index (κ3) is 5.59. The molecule has 8 heteroatoms. The van der Waals surface area contributed by atoms with Crippen LogP contribution in [0.3, 0.4) is 0 Å². The van der Waals surface area contributed by atoms with Gasteiger partial charge in [-0.2, -0.15) is 0 Å². The first kappa shape index (κ1) is 22.7. The highest BCUT2D eigenvalue weighted by atomic mass is 16.5. The molecular weight excluding hydrogens is 386 g/mol. The van der Waals surface area contributed by atoms with Crippen molar-refractivity contribution in [2.45, 2.75) is 57.0 Å². The van der Waals surface area contributed by atoms with Crippen molar-refractivity contribution < 1.29 is 24.9 Å². The van der Waals surface area contributed by atoms with Crippen molar-refractivity contribution in [2.24, 2.45) is 0 Å². The fraction of sp³-hybridized carbons (Fsp3) is 0.591. The SMILES string of the molecule is Cc1ccc(-c2cnoc2)cc1NCCCCCCN1C[C@H](O)[C@@H](O)[C@H](O)[C@H]1CO. The molecule has 0 unspecified atom stereocenters. The van der Waals surface area contributed by atoms with Crippen LogP contribution in [0.5, 0.6) is 0 Å². The van der Waals surface area contributed by atoms with Gasteiger partial charge >= 0.3 is 0 Å². The van der Waals surface area contributed by atoms with Gasteiger partial charge < -0.3 is 30.3 Å². The van der Waals surface area contributed by atoms with Crippen LogP contribution in [0.15, 0.2) is 35.2 Å². The van der Waals surface area contributed by atoms with E-state index in [0.29, 0.717) is 6.54 Å². The van der Waals surface area contributed by atoms with E-state index in [-0.39, 0.29) is 13.2 Å². The summed E-state index contributed by atoms with van der Waals surface area (Å²) >= 11 is 0. The number of anilines is 1. The summed E-state index contributed by atoms with van der Waals surface area (Å²) in [6.45, 7) is 3.67. The van der Waals surface area contributed by atoms with E-state index in [2.05, 4.69) is 35.6 Å². The fourth-order valence-electron chi connectivity index (χ4n) is 3.99. The van der Waals surface area contributed by atoms with Crippen molar-refractivity contribution in [1.29, 1.82) is 0 Å². The van der Waals surface area contributed by atoms with E-state index in [1.807, 2.05) is 4.90 Å². The number of rotatable bonds is 10. The maximum atomic E-state index is 10.0. The number of hydrogen-bond donors (Lipinski definition) is 5. The molecule has 0 amide bonds. The molecule has 1 fully saturated rings. The van der Waals surface area contributed by atoms with Crippen LogP contribution in [-0.2, 0) is 0 Å². The largest absolute Gasteiger partial charge is 0.395 e. The molecule has 1 aliphatic rings. The second kappa shape index (κ2) is 10.9. The Morgan fingerprint density at radius 3 is 2.63 bits per heavy atom. The zero-order valence-electron chi connectivity index (χ0n) is 17.4. The van der Waals surface area contributed by atoms with Crippen molar-refractivity contribution in [1.82, 2.24) is 10.1 Å². The first-order chi connectivity index (χ1) is 14.5. The van der Waals surface area contributed by atoms with E-state index in [1.54, 1.807) is 12.5 Å². The van der Waals surface area contributed by atoms with E-state index in [9.17, 15) is 20.4 Å². The summed E-state index contributed by atoms with van der Waals surface area (Å²) in [6, 6.07) is 5.73. The first-order valence-electron chi connectivity index (χ1n) is 10.6. The number of piperidine rings is 1. The molecule has 0 saturated carbocycles. The molecule has 1 aliphatic heterocycles. The minimum absolute atomic E-state index is 0.234. The first-order valence-corrected chi connectivity index (χ1v) is 10.6. The molecule has 2 aromatic rings. The molecule has 8 nitrogen and oxygen atoms in total. The monoisotopic (exact) mass is 419 g/mol. The van der Waals surface area contributed by atoms with Crippen molar-refractivity contribution in [2.75, 3.05) is 31.6 Å². The Morgan fingerprint density at radius 2 is 1.90 bits per heavy atom. The van der Waals surface area contributed by atoms with Gasteiger partial charge in [-0.1, -0.05) is 30.1 Å². The lowest BCUT2D eigenvalue weighted by molar-refractivity contribution is -0.145. The number of aromatic nitrogens is 1. The summed E-state index contributed by atoms with van der Waals surface area (Å²) < 4.78 is 4.92. The minimum Gasteiger partial charge on any atom is -0.395 e. The molecule has 0 bridgehead atoms. The number of aliphatic hydroxyl groups excluding tert-OH is 4. The highest BCUT2D eigenvalue weighted by Crippen LogP contribution is 2.25. The van der Waals surface area contributed by atoms with Crippen molar-refractivity contribution in [3.8, 4) is 11.1 Å². The number of benzene rings is 1. The summed E-state index contributed by atoms with van der Waals surface area (Å²) in [5, 5.41) is 46.4. The molecule has 1 aromatic carbocycles. The highest BCUT2D eigenvalue weighted by molar-refractivity contribution is 5.68. The van der Waals surface area contributed by atoms with E-state index >= 15 is 0 Å². The van der Waals surface area contributed by atoms with Crippen molar-refractivity contribution in [3.05, 3.63) is 36.2 Å². The molecule has 1 saturated heterocycles. The minimum atomic E-state index is -1.20. The highest BCUT2D eigenvalue weighted by Gasteiger charge is 2.40. The topological polar surface area (TPSA) is 122 Å². The number of β-amino-alcohol motifs (C(OH)–C–C–N with tert-alkyl or cyclic N) is 1. The van der Waals surface area contributed by atoms with Crippen LogP contribution in [-0.4, -0.2) is 81.1 Å². The number of nitrogens with one attached hydrogen (secondary N) is 1. The number of likely N-dealkylation sites (tertiary alicyclic amines) is 1. The Hall–Kier alpha value is -1.97. The second-order valence-electron chi connectivity index (χ2n) is 8.08. The third-order valence-corrected chi connectivity index (χ3v) is 5.91. The Balaban J connectivity index is 1.36. The van der Waals surface area contributed by atoms with Gasteiger partial charge in [0.2, 0.25) is 0 Å². The van der Waals surface area contributed by atoms with Gasteiger partial charge in [-0.15, -0.1) is 0 Å². The Bertz CT molecular complexity index is 770. The zero-order chi connectivity index (χ0) is 21.5. The molecule has 0 spiro atoms. The van der Waals surface area contributed by atoms with Crippen LogP contribution in [0.4, 0.5) is 5.69 Å². The third-order valence-electron chi connectivity index (χ3n) is 5.91. The van der Waals surface area contributed by atoms with Crippen LogP contribution in [0.1, 0.15) is 31.2 Å². The molecular formula is C22H33N3O5. The molecule has 3 rings (SSSR count). The number of hydrogen-bond acceptors (Lipinski definition) is 8. The lowest BCUT2D eigenvalue weighted by atomic mass is 9.94. The molecule has 4 atom stereocenters. The summed E-state index contributed by atoms with van der Waals surface area (Å²) in [7, 11) is 0. The molecule has 0 radical (unpaired) electrons. The molecule has 2 heterocycles. The van der Waals surface area contributed by atoms with Gasteiger partial charge in [0.1, 0.15) is 18.5 Å². The molecule has 166 valence electrons. The van der Waals surface area contributed by atoms with E-state index in [0.717, 1.165) is 49.0 Å². The predicted molar refractivity (Wildman–Crippen MR) is 114 cm³/mol. The summed E-state index contributed by atoms with van der Waals surface area (Å²) in [5.41, 5.74) is 4.32. The Labute approximate surface area is 177 Å². The van der Waals surface area contributed by atoms with Crippen LogP contribution in [0.25, 0.3) is 11.1 Å². The lowest BCUT2D eigenvalue weighted by Gasteiger charge is -2.43. The summed E-state index contributed by atoms with van der Waals surface area (Å²) in [6.07, 6.45) is 4.05. The number of unbranched alkanes of at least 4 members (excludes halogenated alkanes) is 3. The zero-order valence-corrected chi connectivity index (χ0v) is 17.4. The standard InChI is InChI=1S/C22H33N3O5/c1-15-6-7-16(17-11-24-30-14-17)10-18(15)23-8-4-2-3-5-9-25-12-20(27)22(29)21(28)19(25)13-26/h6-7,10-11,14,19-23,26-29H,2-5,8-9,12-13H2,1H3/t19-,20+,21-,22-/m1/s1. The quantitative estimate of drug-likeness (QED) is 0.366. The normalized spacial score (nSPS) is 24.8. The second-order valence-corrected chi connectivity index (χ2v) is 8.08. The van der Waals surface area contributed by atoms with Crippen LogP contribution >= 0.6 is 0 Å².